The Labute approximate surface area is 237 Å². The molecule has 1 saturated heterocycles. The Balaban J connectivity index is 0.00000441. The number of hydrogen-bond donors (Lipinski definition) is 0. The number of benzene rings is 2. The summed E-state index contributed by atoms with van der Waals surface area (Å²) in [6, 6.07) is 15.7. The Morgan fingerprint density at radius 2 is 1.73 bits per heavy atom. The zero-order valence-electron chi connectivity index (χ0n) is 22.4. The highest BCUT2D eigenvalue weighted by atomic mass is 35.5. The molecule has 12 heteroatoms. The molecule has 212 valence electrons. The van der Waals surface area contributed by atoms with Crippen LogP contribution in [0.5, 0.6) is 0 Å². The number of nitro benzene ring substituents is 1. The van der Waals surface area contributed by atoms with Crippen LogP contribution in [0.2, 0.25) is 0 Å². The number of carbonyl (C=O) groups excluding carboxylic acids is 2. The highest BCUT2D eigenvalue weighted by Crippen LogP contribution is 2.43. The molecule has 11 nitrogen and oxygen atoms in total. The van der Waals surface area contributed by atoms with Crippen LogP contribution in [0, 0.1) is 15.0 Å². The van der Waals surface area contributed by atoms with Crippen molar-refractivity contribution in [1.29, 1.82) is 0 Å². The van der Waals surface area contributed by atoms with Crippen molar-refractivity contribution in [3.05, 3.63) is 103 Å². The molecule has 0 aliphatic carbocycles. The molecule has 40 heavy (non-hydrogen) atoms. The van der Waals surface area contributed by atoms with Crippen molar-refractivity contribution in [3.63, 3.8) is 0 Å². The molecule has 0 spiro atoms. The second-order valence-electron chi connectivity index (χ2n) is 9.56. The van der Waals surface area contributed by atoms with Crippen LogP contribution in [0.4, 0.5) is 5.69 Å². The largest absolute Gasteiger partial charge is 0.466 e. The number of nitroso groups, excluding NO2 is 1. The first-order chi connectivity index (χ1) is 18.7. The van der Waals surface area contributed by atoms with Crippen molar-refractivity contribution in [2.24, 2.45) is 5.29 Å². The first-order valence-electron chi connectivity index (χ1n) is 12.6. The topological polar surface area (TPSA) is 132 Å². The van der Waals surface area contributed by atoms with E-state index in [0.717, 1.165) is 23.5 Å². The molecular formula is C28H31ClN4O7. The molecule has 2 aromatic rings. The van der Waals surface area contributed by atoms with E-state index in [1.54, 1.807) is 6.07 Å². The van der Waals surface area contributed by atoms with Crippen molar-refractivity contribution in [2.75, 3.05) is 20.2 Å². The minimum Gasteiger partial charge on any atom is -0.466 e. The number of carbonyl (C=O) groups is 2. The van der Waals surface area contributed by atoms with Gasteiger partial charge in [-0.2, -0.15) is 0 Å². The lowest BCUT2D eigenvalue weighted by molar-refractivity contribution is -0.384. The van der Waals surface area contributed by atoms with Gasteiger partial charge in [-0.25, -0.2) is 14.6 Å². The highest BCUT2D eigenvalue weighted by Gasteiger charge is 2.42. The average Bonchev–Trinajstić information content (AvgIpc) is 2.93. The van der Waals surface area contributed by atoms with E-state index in [-0.39, 0.29) is 40.6 Å². The van der Waals surface area contributed by atoms with Crippen molar-refractivity contribution in [2.45, 2.75) is 45.3 Å². The van der Waals surface area contributed by atoms with Gasteiger partial charge in [-0.15, -0.1) is 17.3 Å². The summed E-state index contributed by atoms with van der Waals surface area (Å²) in [6.07, 6.45) is 1.05. The smallest absolute Gasteiger partial charge is 0.337 e. The minimum atomic E-state index is -1.06. The number of non-ortho nitro benzene ring substituents is 1. The lowest BCUT2D eigenvalue weighted by Crippen LogP contribution is -2.41. The number of hydrogen-bond acceptors (Lipinski definition) is 9. The normalized spacial score (nSPS) is 19.5. The van der Waals surface area contributed by atoms with E-state index in [2.05, 4.69) is 10.2 Å². The first-order valence-corrected chi connectivity index (χ1v) is 12.6. The van der Waals surface area contributed by atoms with Gasteiger partial charge in [0.2, 0.25) is 0 Å². The van der Waals surface area contributed by atoms with E-state index in [0.29, 0.717) is 25.1 Å². The molecule has 0 N–H and O–H groups in total. The Hall–Kier alpha value is -4.09. The van der Waals surface area contributed by atoms with Gasteiger partial charge in [0, 0.05) is 25.2 Å². The van der Waals surface area contributed by atoms with Crippen LogP contribution in [0.15, 0.2) is 82.4 Å². The van der Waals surface area contributed by atoms with E-state index in [1.165, 1.54) is 39.2 Å². The maximum Gasteiger partial charge on any atom is 0.337 e. The molecule has 0 saturated carbocycles. The van der Waals surface area contributed by atoms with Gasteiger partial charge in [0.1, 0.15) is 6.10 Å². The number of methoxy groups -OCH3 is 1. The van der Waals surface area contributed by atoms with Crippen LogP contribution >= 0.6 is 12.4 Å². The minimum absolute atomic E-state index is 0. The molecule has 0 amide bonds. The molecule has 2 aromatic carbocycles. The summed E-state index contributed by atoms with van der Waals surface area (Å²) >= 11 is 0. The van der Waals surface area contributed by atoms with E-state index in [1.807, 2.05) is 30.3 Å². The predicted molar refractivity (Wildman–Crippen MR) is 149 cm³/mol. The standard InChI is InChI=1S/C28H30N4O7.ClH/c1-18-24(27(33)38-3)26(21-11-7-12-22(15-21)32(36)37)25(19(2)31(18)29-35)28(34)39-23-13-8-14-30(17-23)16-20-9-5-4-6-10-20;/h4-7,9-12,15,23,26H,8,13-14,16-17H2,1-3H3;1H. The summed E-state index contributed by atoms with van der Waals surface area (Å²) in [5, 5.41) is 15.5. The predicted octanol–water partition coefficient (Wildman–Crippen LogP) is 5.03. The van der Waals surface area contributed by atoms with Crippen molar-refractivity contribution < 1.29 is 24.0 Å². The van der Waals surface area contributed by atoms with Gasteiger partial charge in [-0.05, 0) is 44.4 Å². The van der Waals surface area contributed by atoms with Crippen LogP contribution in [0.25, 0.3) is 0 Å². The number of rotatable bonds is 8. The number of esters is 2. The molecule has 2 atom stereocenters. The van der Waals surface area contributed by atoms with Crippen molar-refractivity contribution in [3.8, 4) is 0 Å². The molecule has 0 radical (unpaired) electrons. The second-order valence-corrected chi connectivity index (χ2v) is 9.56. The molecular weight excluding hydrogens is 540 g/mol. The monoisotopic (exact) mass is 570 g/mol. The Morgan fingerprint density at radius 3 is 2.35 bits per heavy atom. The number of likely N-dealkylation sites (tertiary alicyclic amines) is 1. The highest BCUT2D eigenvalue weighted by molar-refractivity contribution is 6.00. The molecule has 2 aliphatic heterocycles. The third-order valence-electron chi connectivity index (χ3n) is 7.10. The first kappa shape index (κ1) is 30.5. The number of nitro groups is 1. The van der Waals surface area contributed by atoms with Gasteiger partial charge in [0.25, 0.3) is 5.69 Å². The summed E-state index contributed by atoms with van der Waals surface area (Å²) in [7, 11) is 1.18. The van der Waals surface area contributed by atoms with Crippen LogP contribution in [0.3, 0.4) is 0 Å². The number of ether oxygens (including phenoxy) is 2. The van der Waals surface area contributed by atoms with E-state index in [9.17, 15) is 24.6 Å². The van der Waals surface area contributed by atoms with Crippen LogP contribution in [-0.4, -0.2) is 53.1 Å². The number of piperidine rings is 1. The molecule has 4 rings (SSSR count). The number of halogens is 1. The summed E-state index contributed by atoms with van der Waals surface area (Å²) in [4.78, 5) is 51.7. The Kier molecular flexibility index (Phi) is 10.1. The molecule has 2 aliphatic rings. The third kappa shape index (κ3) is 6.37. The summed E-state index contributed by atoms with van der Waals surface area (Å²) in [5.41, 5.74) is 1.57. The van der Waals surface area contributed by atoms with Gasteiger partial charge in [-0.3, -0.25) is 15.0 Å². The molecule has 2 unspecified atom stereocenters. The van der Waals surface area contributed by atoms with E-state index >= 15 is 0 Å². The van der Waals surface area contributed by atoms with Crippen molar-refractivity contribution in [1.82, 2.24) is 9.91 Å². The van der Waals surface area contributed by atoms with Crippen molar-refractivity contribution >= 4 is 30.0 Å². The van der Waals surface area contributed by atoms with E-state index < -0.39 is 28.9 Å². The Bertz CT molecular complexity index is 1350. The number of allylic oxidation sites excluding steroid dienone is 2. The maximum absolute atomic E-state index is 13.8. The van der Waals surface area contributed by atoms with Gasteiger partial charge >= 0.3 is 11.9 Å². The van der Waals surface area contributed by atoms with Gasteiger partial charge in [-0.1, -0.05) is 42.5 Å². The number of nitrogens with zero attached hydrogens (tertiary/aromatic N) is 4. The van der Waals surface area contributed by atoms with Gasteiger partial charge < -0.3 is 9.47 Å². The third-order valence-corrected chi connectivity index (χ3v) is 7.10. The van der Waals surface area contributed by atoms with E-state index in [4.69, 9.17) is 9.47 Å². The lowest BCUT2D eigenvalue weighted by Gasteiger charge is -2.35. The summed E-state index contributed by atoms with van der Waals surface area (Å²) in [6.45, 7) is 5.12. The fourth-order valence-corrected chi connectivity index (χ4v) is 5.27. The molecule has 0 aromatic heterocycles. The van der Waals surface area contributed by atoms with Crippen LogP contribution in [-0.2, 0) is 25.6 Å². The second kappa shape index (κ2) is 13.3. The molecule has 1 fully saturated rings. The average molecular weight is 571 g/mol. The molecule has 2 heterocycles. The summed E-state index contributed by atoms with van der Waals surface area (Å²) in [5.74, 6) is -2.58. The lowest BCUT2D eigenvalue weighted by atomic mass is 9.80. The summed E-state index contributed by atoms with van der Waals surface area (Å²) < 4.78 is 11.0. The Morgan fingerprint density at radius 1 is 1.05 bits per heavy atom. The van der Waals surface area contributed by atoms with Crippen LogP contribution in [0.1, 0.15) is 43.7 Å². The fraction of sp³-hybridized carbons (Fsp3) is 0.357. The molecule has 0 bridgehead atoms. The maximum atomic E-state index is 13.8. The van der Waals surface area contributed by atoms with Gasteiger partial charge in [0.15, 0.2) is 0 Å². The SMILES string of the molecule is COC(=O)C1=C(C)N(N=O)C(C)=C(C(=O)OC2CCCN(Cc3ccccc3)C2)C1c1cccc([N+](=O)[O-])c1.Cl. The van der Waals surface area contributed by atoms with Crippen LogP contribution < -0.4 is 0 Å². The quantitative estimate of drug-likeness (QED) is 0.185. The zero-order chi connectivity index (χ0) is 28.1. The van der Waals surface area contributed by atoms with Gasteiger partial charge in [0.05, 0.1) is 45.8 Å². The zero-order valence-corrected chi connectivity index (χ0v) is 23.3. The fourth-order valence-electron chi connectivity index (χ4n) is 5.27.